The number of hydrogen-bond acceptors (Lipinski definition) is 4. The lowest BCUT2D eigenvalue weighted by atomic mass is 10.1. The lowest BCUT2D eigenvalue weighted by Gasteiger charge is -2.17. The topological polar surface area (TPSA) is 75.7 Å². The van der Waals surface area contributed by atoms with Gasteiger partial charge in [-0.15, -0.1) is 0 Å². The summed E-state index contributed by atoms with van der Waals surface area (Å²) in [6.45, 7) is 2.01. The fourth-order valence-corrected chi connectivity index (χ4v) is 3.79. The van der Waals surface area contributed by atoms with E-state index in [1.807, 2.05) is 31.2 Å². The Morgan fingerprint density at radius 3 is 2.44 bits per heavy atom. The molecule has 6 heteroatoms. The highest BCUT2D eigenvalue weighted by atomic mass is 16.5. The van der Waals surface area contributed by atoms with E-state index in [0.717, 1.165) is 36.9 Å². The van der Waals surface area contributed by atoms with Gasteiger partial charge in [-0.1, -0.05) is 43.4 Å². The molecule has 3 rings (SSSR count). The van der Waals surface area contributed by atoms with Gasteiger partial charge in [-0.05, 0) is 31.9 Å². The van der Waals surface area contributed by atoms with Gasteiger partial charge in [0.25, 0.3) is 5.91 Å². The summed E-state index contributed by atoms with van der Waals surface area (Å²) in [5.74, 6) is -1.35. The number of anilines is 1. The second kappa shape index (κ2) is 9.02. The largest absolute Gasteiger partial charge is 0.455 e. The summed E-state index contributed by atoms with van der Waals surface area (Å²) in [6, 6.07) is 7.81. The molecule has 2 aliphatic rings. The molecule has 1 heterocycles. The maximum absolute atomic E-state index is 12.3. The van der Waals surface area contributed by atoms with Crippen LogP contribution in [-0.2, 0) is 19.1 Å². The lowest BCUT2D eigenvalue weighted by molar-refractivity contribution is -0.152. The molecule has 1 saturated carbocycles. The van der Waals surface area contributed by atoms with Crippen molar-refractivity contribution in [3.63, 3.8) is 0 Å². The van der Waals surface area contributed by atoms with Crippen LogP contribution in [0.4, 0.5) is 5.69 Å². The third kappa shape index (κ3) is 5.31. The summed E-state index contributed by atoms with van der Waals surface area (Å²) < 4.78 is 5.18. The Labute approximate surface area is 160 Å². The Balaban J connectivity index is 1.46. The second-order valence-electron chi connectivity index (χ2n) is 7.60. The number of carbonyl (C=O) groups is 3. The first-order chi connectivity index (χ1) is 13.0. The number of esters is 1. The van der Waals surface area contributed by atoms with Gasteiger partial charge in [0.15, 0.2) is 6.61 Å². The molecule has 0 spiro atoms. The number of carbonyl (C=O) groups excluding carboxylic acids is 3. The third-order valence-corrected chi connectivity index (χ3v) is 5.37. The summed E-state index contributed by atoms with van der Waals surface area (Å²) in [5.41, 5.74) is 1.90. The highest BCUT2D eigenvalue weighted by Gasteiger charge is 2.36. The van der Waals surface area contributed by atoms with E-state index in [-0.39, 0.29) is 30.9 Å². The van der Waals surface area contributed by atoms with Crippen molar-refractivity contribution in [3.05, 3.63) is 29.8 Å². The first kappa shape index (κ1) is 19.4. The fourth-order valence-electron chi connectivity index (χ4n) is 3.79. The standard InChI is InChI=1S/C21H28N2O4/c1-15-8-10-18(11-9-15)23-13-16(12-20(23)25)21(26)27-14-19(24)22-17-6-4-2-3-5-7-17/h8-11,16-17H,2-7,12-14H2,1H3,(H,22,24)/t16-/m0/s1. The molecule has 2 fully saturated rings. The Kier molecular flexibility index (Phi) is 6.48. The molecule has 1 aliphatic carbocycles. The average molecular weight is 372 g/mol. The van der Waals surface area contributed by atoms with Gasteiger partial charge in [-0.2, -0.15) is 0 Å². The Morgan fingerprint density at radius 1 is 1.11 bits per heavy atom. The van der Waals surface area contributed by atoms with E-state index in [0.29, 0.717) is 6.54 Å². The van der Waals surface area contributed by atoms with E-state index < -0.39 is 11.9 Å². The zero-order valence-corrected chi connectivity index (χ0v) is 15.9. The van der Waals surface area contributed by atoms with E-state index >= 15 is 0 Å². The van der Waals surface area contributed by atoms with Crippen LogP contribution in [-0.4, -0.2) is 37.0 Å². The summed E-state index contributed by atoms with van der Waals surface area (Å²) in [6.07, 6.45) is 6.79. The molecule has 2 amide bonds. The number of amides is 2. The summed E-state index contributed by atoms with van der Waals surface area (Å²) in [4.78, 5) is 38.2. The molecule has 1 atom stereocenters. The van der Waals surface area contributed by atoms with Crippen LogP contribution >= 0.6 is 0 Å². The van der Waals surface area contributed by atoms with Crippen LogP contribution in [0, 0.1) is 12.8 Å². The van der Waals surface area contributed by atoms with E-state index in [1.165, 1.54) is 12.8 Å². The zero-order chi connectivity index (χ0) is 19.2. The second-order valence-corrected chi connectivity index (χ2v) is 7.60. The fraction of sp³-hybridized carbons (Fsp3) is 0.571. The monoisotopic (exact) mass is 372 g/mol. The predicted molar refractivity (Wildman–Crippen MR) is 102 cm³/mol. The minimum absolute atomic E-state index is 0.0938. The van der Waals surface area contributed by atoms with Crippen LogP contribution in [0.5, 0.6) is 0 Å². The normalized spacial score (nSPS) is 21.0. The van der Waals surface area contributed by atoms with Crippen LogP contribution in [0.1, 0.15) is 50.5 Å². The molecule has 1 aromatic carbocycles. The number of benzene rings is 1. The highest BCUT2D eigenvalue weighted by Crippen LogP contribution is 2.26. The molecule has 1 saturated heterocycles. The SMILES string of the molecule is Cc1ccc(N2C[C@@H](C(=O)OCC(=O)NC3CCCCCC3)CC2=O)cc1. The van der Waals surface area contributed by atoms with Crippen molar-refractivity contribution in [2.45, 2.75) is 57.9 Å². The first-order valence-electron chi connectivity index (χ1n) is 9.86. The number of hydrogen-bond donors (Lipinski definition) is 1. The molecule has 1 aliphatic heterocycles. The van der Waals surface area contributed by atoms with Gasteiger partial charge in [-0.25, -0.2) is 0 Å². The Hall–Kier alpha value is -2.37. The van der Waals surface area contributed by atoms with Gasteiger partial charge >= 0.3 is 5.97 Å². The molecular formula is C21H28N2O4. The first-order valence-corrected chi connectivity index (χ1v) is 9.86. The van der Waals surface area contributed by atoms with Crippen molar-refractivity contribution >= 4 is 23.5 Å². The van der Waals surface area contributed by atoms with Crippen LogP contribution in [0.2, 0.25) is 0 Å². The van der Waals surface area contributed by atoms with Crippen molar-refractivity contribution in [2.24, 2.45) is 5.92 Å². The predicted octanol–water partition coefficient (Wildman–Crippen LogP) is 2.73. The highest BCUT2D eigenvalue weighted by molar-refractivity contribution is 5.99. The van der Waals surface area contributed by atoms with Gasteiger partial charge in [-0.3, -0.25) is 14.4 Å². The molecule has 0 radical (unpaired) electrons. The molecule has 0 bridgehead atoms. The lowest BCUT2D eigenvalue weighted by Crippen LogP contribution is -2.38. The Morgan fingerprint density at radius 2 is 1.78 bits per heavy atom. The third-order valence-electron chi connectivity index (χ3n) is 5.37. The molecular weight excluding hydrogens is 344 g/mol. The quantitative estimate of drug-likeness (QED) is 0.637. The van der Waals surface area contributed by atoms with E-state index in [9.17, 15) is 14.4 Å². The van der Waals surface area contributed by atoms with Crippen molar-refractivity contribution in [2.75, 3.05) is 18.1 Å². The molecule has 0 aromatic heterocycles. The van der Waals surface area contributed by atoms with Crippen molar-refractivity contribution in [3.8, 4) is 0 Å². The van der Waals surface area contributed by atoms with Crippen LogP contribution in [0.25, 0.3) is 0 Å². The number of ether oxygens (including phenoxy) is 1. The van der Waals surface area contributed by atoms with Crippen LogP contribution < -0.4 is 10.2 Å². The van der Waals surface area contributed by atoms with Gasteiger partial charge < -0.3 is 15.0 Å². The number of rotatable bonds is 5. The molecule has 146 valence electrons. The molecule has 1 aromatic rings. The summed E-state index contributed by atoms with van der Waals surface area (Å²) in [7, 11) is 0. The maximum Gasteiger partial charge on any atom is 0.311 e. The minimum atomic E-state index is -0.524. The van der Waals surface area contributed by atoms with Gasteiger partial charge in [0.2, 0.25) is 5.91 Å². The number of aryl methyl sites for hydroxylation is 1. The van der Waals surface area contributed by atoms with Crippen molar-refractivity contribution < 1.29 is 19.1 Å². The summed E-state index contributed by atoms with van der Waals surface area (Å²) >= 11 is 0. The molecule has 0 unspecified atom stereocenters. The number of nitrogens with one attached hydrogen (secondary N) is 1. The number of nitrogens with zero attached hydrogens (tertiary/aromatic N) is 1. The van der Waals surface area contributed by atoms with Gasteiger partial charge in [0.1, 0.15) is 0 Å². The Bertz CT molecular complexity index is 678. The molecule has 27 heavy (non-hydrogen) atoms. The molecule has 1 N–H and O–H groups in total. The van der Waals surface area contributed by atoms with Crippen LogP contribution in [0.15, 0.2) is 24.3 Å². The smallest absolute Gasteiger partial charge is 0.311 e. The molecule has 6 nitrogen and oxygen atoms in total. The minimum Gasteiger partial charge on any atom is -0.455 e. The maximum atomic E-state index is 12.3. The van der Waals surface area contributed by atoms with Gasteiger partial charge in [0.05, 0.1) is 5.92 Å². The average Bonchev–Trinajstić information content (AvgIpc) is 2.87. The summed E-state index contributed by atoms with van der Waals surface area (Å²) in [5, 5.41) is 2.96. The van der Waals surface area contributed by atoms with Gasteiger partial charge in [0, 0.05) is 24.7 Å². The van der Waals surface area contributed by atoms with Crippen LogP contribution in [0.3, 0.4) is 0 Å². The van der Waals surface area contributed by atoms with Crippen molar-refractivity contribution in [1.82, 2.24) is 5.32 Å². The zero-order valence-electron chi connectivity index (χ0n) is 15.9. The van der Waals surface area contributed by atoms with E-state index in [2.05, 4.69) is 5.32 Å². The van der Waals surface area contributed by atoms with E-state index in [4.69, 9.17) is 4.74 Å². The van der Waals surface area contributed by atoms with Crippen molar-refractivity contribution in [1.29, 1.82) is 0 Å². The van der Waals surface area contributed by atoms with E-state index in [1.54, 1.807) is 4.90 Å².